The molecule has 8 nitrogen and oxygen atoms in total. The fourth-order valence-electron chi connectivity index (χ4n) is 4.43. The number of pyridine rings is 2. The first-order chi connectivity index (χ1) is 15.1. The van der Waals surface area contributed by atoms with Gasteiger partial charge in [-0.1, -0.05) is 6.07 Å². The van der Waals surface area contributed by atoms with Crippen molar-refractivity contribution in [3.63, 3.8) is 0 Å². The number of amides is 2. The summed E-state index contributed by atoms with van der Waals surface area (Å²) >= 11 is 0. The lowest BCUT2D eigenvalue weighted by molar-refractivity contribution is 0.0726. The summed E-state index contributed by atoms with van der Waals surface area (Å²) in [6.07, 6.45) is 8.22. The minimum absolute atomic E-state index is 0.0311. The number of likely N-dealkylation sites (tertiary alicyclic amines) is 2. The number of nitrogens with zero attached hydrogens (tertiary/aromatic N) is 5. The summed E-state index contributed by atoms with van der Waals surface area (Å²) in [6, 6.07) is 7.75. The maximum atomic E-state index is 13.0. The van der Waals surface area contributed by atoms with Gasteiger partial charge in [0.1, 0.15) is 0 Å². The van der Waals surface area contributed by atoms with Gasteiger partial charge < -0.3 is 15.1 Å². The second kappa shape index (κ2) is 8.11. The standard InChI is InChI=1S/C23H26N6O2/c1-27-14-18(15-27)26-22(30)17-10-16(11-24-12-17)20-6-5-7-21-19(13-25-29(20)21)23(31)28-8-3-2-4-9-28/h5-7,10-13,18H,2-4,8-9,14-15H2,1H3,(H,26,30). The molecule has 3 aromatic heterocycles. The fraction of sp³-hybridized carbons (Fsp3) is 0.391. The van der Waals surface area contributed by atoms with Crippen LogP contribution in [0.15, 0.2) is 42.9 Å². The molecule has 0 aliphatic carbocycles. The predicted octanol–water partition coefficient (Wildman–Crippen LogP) is 2.07. The zero-order valence-electron chi connectivity index (χ0n) is 17.6. The molecule has 2 amide bonds. The Morgan fingerprint density at radius 3 is 2.65 bits per heavy atom. The molecule has 5 rings (SSSR count). The first-order valence-corrected chi connectivity index (χ1v) is 10.8. The van der Waals surface area contributed by atoms with Gasteiger partial charge in [0, 0.05) is 44.1 Å². The van der Waals surface area contributed by atoms with E-state index < -0.39 is 0 Å². The van der Waals surface area contributed by atoms with Crippen molar-refractivity contribution in [1.82, 2.24) is 29.7 Å². The minimum Gasteiger partial charge on any atom is -0.347 e. The van der Waals surface area contributed by atoms with Crippen LogP contribution in [-0.4, -0.2) is 75.5 Å². The van der Waals surface area contributed by atoms with Gasteiger partial charge in [-0.25, -0.2) is 4.52 Å². The quantitative estimate of drug-likeness (QED) is 0.701. The number of nitrogens with one attached hydrogen (secondary N) is 1. The van der Waals surface area contributed by atoms with E-state index >= 15 is 0 Å². The Balaban J connectivity index is 1.43. The van der Waals surface area contributed by atoms with Crippen molar-refractivity contribution in [3.8, 4) is 11.3 Å². The Morgan fingerprint density at radius 2 is 1.87 bits per heavy atom. The summed E-state index contributed by atoms with van der Waals surface area (Å²) in [5.41, 5.74) is 3.46. The van der Waals surface area contributed by atoms with Crippen molar-refractivity contribution in [2.75, 3.05) is 33.2 Å². The van der Waals surface area contributed by atoms with Gasteiger partial charge in [0.15, 0.2) is 0 Å². The molecule has 0 atom stereocenters. The third-order valence-electron chi connectivity index (χ3n) is 6.11. The number of likely N-dealkylation sites (N-methyl/N-ethyl adjacent to an activating group) is 1. The van der Waals surface area contributed by atoms with E-state index in [1.165, 1.54) is 6.42 Å². The lowest BCUT2D eigenvalue weighted by Gasteiger charge is -2.36. The van der Waals surface area contributed by atoms with Crippen molar-refractivity contribution in [2.45, 2.75) is 25.3 Å². The molecule has 0 aromatic carbocycles. The Morgan fingerprint density at radius 1 is 1.06 bits per heavy atom. The van der Waals surface area contributed by atoms with Gasteiger partial charge in [0.25, 0.3) is 11.8 Å². The number of rotatable bonds is 4. The monoisotopic (exact) mass is 418 g/mol. The fourth-order valence-corrected chi connectivity index (χ4v) is 4.43. The van der Waals surface area contributed by atoms with Crippen LogP contribution >= 0.6 is 0 Å². The largest absolute Gasteiger partial charge is 0.347 e. The average Bonchev–Trinajstić information content (AvgIpc) is 3.22. The highest BCUT2D eigenvalue weighted by Gasteiger charge is 2.25. The molecule has 5 heterocycles. The molecule has 2 aliphatic heterocycles. The van der Waals surface area contributed by atoms with Crippen molar-refractivity contribution < 1.29 is 9.59 Å². The van der Waals surface area contributed by atoms with Crippen LogP contribution in [0.1, 0.15) is 40.0 Å². The number of carbonyl (C=O) groups is 2. The average molecular weight is 419 g/mol. The Labute approximate surface area is 180 Å². The summed E-state index contributed by atoms with van der Waals surface area (Å²) in [6.45, 7) is 3.32. The maximum Gasteiger partial charge on any atom is 0.257 e. The van der Waals surface area contributed by atoms with Crippen LogP contribution < -0.4 is 5.32 Å². The minimum atomic E-state index is -0.124. The van der Waals surface area contributed by atoms with E-state index in [1.807, 2.05) is 36.2 Å². The van der Waals surface area contributed by atoms with Crippen LogP contribution in [0.5, 0.6) is 0 Å². The Hall–Kier alpha value is -3.26. The molecule has 3 aromatic rings. The summed E-state index contributed by atoms with van der Waals surface area (Å²) in [4.78, 5) is 34.0. The molecule has 0 spiro atoms. The van der Waals surface area contributed by atoms with E-state index in [1.54, 1.807) is 23.1 Å². The Bertz CT molecular complexity index is 1130. The molecule has 2 fully saturated rings. The first kappa shape index (κ1) is 19.7. The van der Waals surface area contributed by atoms with E-state index in [4.69, 9.17) is 0 Å². The zero-order chi connectivity index (χ0) is 21.4. The smallest absolute Gasteiger partial charge is 0.257 e. The van der Waals surface area contributed by atoms with Crippen molar-refractivity contribution in [2.24, 2.45) is 0 Å². The highest BCUT2D eigenvalue weighted by atomic mass is 16.2. The molecule has 160 valence electrons. The van der Waals surface area contributed by atoms with Gasteiger partial charge in [0.05, 0.1) is 34.6 Å². The molecule has 1 N–H and O–H groups in total. The second-order valence-electron chi connectivity index (χ2n) is 8.47. The van der Waals surface area contributed by atoms with Gasteiger partial charge in [-0.3, -0.25) is 14.6 Å². The van der Waals surface area contributed by atoms with Crippen LogP contribution in [0.2, 0.25) is 0 Å². The van der Waals surface area contributed by atoms with Crippen molar-refractivity contribution in [3.05, 3.63) is 54.0 Å². The molecule has 8 heteroatoms. The number of piperidine rings is 1. The van der Waals surface area contributed by atoms with Gasteiger partial charge in [-0.15, -0.1) is 0 Å². The number of carbonyl (C=O) groups excluding carboxylic acids is 2. The van der Waals surface area contributed by atoms with E-state index in [0.29, 0.717) is 11.1 Å². The molecule has 2 aliphatic rings. The Kier molecular flexibility index (Phi) is 5.15. The van der Waals surface area contributed by atoms with Gasteiger partial charge in [0.2, 0.25) is 0 Å². The number of aromatic nitrogens is 3. The maximum absolute atomic E-state index is 13.0. The van der Waals surface area contributed by atoms with E-state index in [2.05, 4.69) is 20.3 Å². The van der Waals surface area contributed by atoms with Crippen LogP contribution in [0, 0.1) is 0 Å². The summed E-state index contributed by atoms with van der Waals surface area (Å²) in [5, 5.41) is 7.54. The molecular formula is C23H26N6O2. The summed E-state index contributed by atoms with van der Waals surface area (Å²) in [7, 11) is 2.03. The number of fused-ring (bicyclic) bond motifs is 1. The van der Waals surface area contributed by atoms with Crippen LogP contribution in [-0.2, 0) is 0 Å². The van der Waals surface area contributed by atoms with Crippen molar-refractivity contribution >= 4 is 17.3 Å². The lowest BCUT2D eigenvalue weighted by atomic mass is 10.1. The normalized spacial score (nSPS) is 17.5. The number of hydrogen-bond acceptors (Lipinski definition) is 5. The summed E-state index contributed by atoms with van der Waals surface area (Å²) < 4.78 is 1.76. The van der Waals surface area contributed by atoms with Crippen molar-refractivity contribution in [1.29, 1.82) is 0 Å². The zero-order valence-corrected chi connectivity index (χ0v) is 17.6. The molecule has 0 unspecified atom stereocenters. The molecule has 0 radical (unpaired) electrons. The molecule has 31 heavy (non-hydrogen) atoms. The SMILES string of the molecule is CN1CC(NC(=O)c2cncc(-c3cccc4c(C(=O)N5CCCCC5)cnn34)c2)C1. The van der Waals surface area contributed by atoms with Gasteiger partial charge in [-0.2, -0.15) is 5.10 Å². The first-order valence-electron chi connectivity index (χ1n) is 10.8. The second-order valence-corrected chi connectivity index (χ2v) is 8.47. The molecule has 2 saturated heterocycles. The van der Waals surface area contributed by atoms with E-state index in [0.717, 1.165) is 55.8 Å². The topological polar surface area (TPSA) is 82.8 Å². The van der Waals surface area contributed by atoms with Gasteiger partial charge >= 0.3 is 0 Å². The van der Waals surface area contributed by atoms with Crippen LogP contribution in [0.25, 0.3) is 16.8 Å². The predicted molar refractivity (Wildman–Crippen MR) is 117 cm³/mol. The van der Waals surface area contributed by atoms with E-state index in [9.17, 15) is 9.59 Å². The van der Waals surface area contributed by atoms with E-state index in [-0.39, 0.29) is 17.9 Å². The summed E-state index contributed by atoms with van der Waals surface area (Å²) in [5.74, 6) is -0.0929. The lowest BCUT2D eigenvalue weighted by Crippen LogP contribution is -2.57. The third-order valence-corrected chi connectivity index (χ3v) is 6.11. The molecule has 0 saturated carbocycles. The molecular weight excluding hydrogens is 392 g/mol. The van der Waals surface area contributed by atoms with Crippen LogP contribution in [0.3, 0.4) is 0 Å². The number of hydrogen-bond donors (Lipinski definition) is 1. The highest BCUT2D eigenvalue weighted by molar-refractivity contribution is 6.01. The molecule has 0 bridgehead atoms. The highest BCUT2D eigenvalue weighted by Crippen LogP contribution is 2.24. The van der Waals surface area contributed by atoms with Gasteiger partial charge in [-0.05, 0) is 44.5 Å². The van der Waals surface area contributed by atoms with Crippen LogP contribution in [0.4, 0.5) is 0 Å². The third kappa shape index (κ3) is 3.79.